The molecule has 0 bridgehead atoms. The first-order valence-corrected chi connectivity index (χ1v) is 10.8. The zero-order chi connectivity index (χ0) is 19.6. The number of carbonyl (C=O) groups excluding carboxylic acids is 1. The molecule has 1 aromatic carbocycles. The molecular formula is C22H32N4O2. The number of carbonyl (C=O) groups is 1. The number of unbranched alkanes of at least 4 members (excludes halogenated alkanes) is 1. The molecule has 0 aliphatic carbocycles. The van der Waals surface area contributed by atoms with Crippen LogP contribution in [0.2, 0.25) is 0 Å². The van der Waals surface area contributed by atoms with Gasteiger partial charge in [-0.3, -0.25) is 9.69 Å². The number of aryl methyl sites for hydroxylation is 1. The van der Waals surface area contributed by atoms with Gasteiger partial charge in [0.2, 0.25) is 5.91 Å². The highest BCUT2D eigenvalue weighted by Crippen LogP contribution is 2.39. The molecule has 6 nitrogen and oxygen atoms in total. The number of fused-ring (bicyclic) bond motifs is 1. The van der Waals surface area contributed by atoms with Gasteiger partial charge in [-0.1, -0.05) is 25.5 Å². The van der Waals surface area contributed by atoms with Crippen LogP contribution < -0.4 is 0 Å². The predicted molar refractivity (Wildman–Crippen MR) is 110 cm³/mol. The van der Waals surface area contributed by atoms with Crippen LogP contribution in [-0.4, -0.2) is 62.1 Å². The monoisotopic (exact) mass is 384 g/mol. The van der Waals surface area contributed by atoms with E-state index in [9.17, 15) is 9.90 Å². The number of aromatic nitrogens is 2. The number of amides is 1. The van der Waals surface area contributed by atoms with E-state index in [4.69, 9.17) is 4.98 Å². The third kappa shape index (κ3) is 3.33. The Morgan fingerprint density at radius 1 is 1.14 bits per heavy atom. The minimum atomic E-state index is -0.402. The van der Waals surface area contributed by atoms with Crippen molar-refractivity contribution in [1.82, 2.24) is 19.4 Å². The van der Waals surface area contributed by atoms with Crippen LogP contribution in [0, 0.1) is 0 Å². The third-order valence-electron chi connectivity index (χ3n) is 6.50. The fourth-order valence-electron chi connectivity index (χ4n) is 5.07. The van der Waals surface area contributed by atoms with Crippen LogP contribution in [0.1, 0.15) is 51.3 Å². The van der Waals surface area contributed by atoms with Crippen LogP contribution >= 0.6 is 0 Å². The zero-order valence-corrected chi connectivity index (χ0v) is 16.9. The summed E-state index contributed by atoms with van der Waals surface area (Å²) in [6.45, 7) is 6.09. The first-order chi connectivity index (χ1) is 13.7. The minimum absolute atomic E-state index is 0.0363. The second-order valence-electron chi connectivity index (χ2n) is 8.20. The summed E-state index contributed by atoms with van der Waals surface area (Å²) in [5, 5.41) is 9.35. The highest BCUT2D eigenvalue weighted by atomic mass is 16.3. The van der Waals surface area contributed by atoms with Gasteiger partial charge in [0.1, 0.15) is 11.4 Å². The van der Waals surface area contributed by atoms with E-state index in [2.05, 4.69) is 34.6 Å². The Morgan fingerprint density at radius 3 is 2.71 bits per heavy atom. The number of likely N-dealkylation sites (tertiary alicyclic amines) is 2. The smallest absolute Gasteiger partial charge is 0.243 e. The molecule has 2 aliphatic rings. The van der Waals surface area contributed by atoms with Crippen molar-refractivity contribution in [2.45, 2.75) is 64.1 Å². The summed E-state index contributed by atoms with van der Waals surface area (Å²) >= 11 is 0. The molecule has 1 amide bonds. The molecule has 0 radical (unpaired) electrons. The molecule has 1 N–H and O–H groups in total. The van der Waals surface area contributed by atoms with Gasteiger partial charge < -0.3 is 14.6 Å². The van der Waals surface area contributed by atoms with Crippen molar-refractivity contribution in [2.24, 2.45) is 0 Å². The van der Waals surface area contributed by atoms with E-state index in [1.165, 1.54) is 5.52 Å². The molecule has 4 rings (SSSR count). The van der Waals surface area contributed by atoms with E-state index in [-0.39, 0.29) is 12.5 Å². The van der Waals surface area contributed by atoms with Gasteiger partial charge in [0.05, 0.1) is 24.2 Å². The molecule has 1 spiro atoms. The van der Waals surface area contributed by atoms with Crippen molar-refractivity contribution in [3.63, 3.8) is 0 Å². The number of hydrogen-bond donors (Lipinski definition) is 1. The number of hydrogen-bond acceptors (Lipinski definition) is 4. The number of nitrogens with zero attached hydrogens (tertiary/aromatic N) is 4. The molecule has 1 aromatic heterocycles. The summed E-state index contributed by atoms with van der Waals surface area (Å²) in [7, 11) is 0. The Balaban J connectivity index is 1.64. The van der Waals surface area contributed by atoms with Gasteiger partial charge in [-0.15, -0.1) is 0 Å². The van der Waals surface area contributed by atoms with Crippen molar-refractivity contribution in [3.05, 3.63) is 30.1 Å². The van der Waals surface area contributed by atoms with E-state index < -0.39 is 5.54 Å². The third-order valence-corrected chi connectivity index (χ3v) is 6.50. The lowest BCUT2D eigenvalue weighted by Crippen LogP contribution is -2.60. The van der Waals surface area contributed by atoms with Crippen LogP contribution in [0.15, 0.2) is 24.3 Å². The Labute approximate surface area is 167 Å². The largest absolute Gasteiger partial charge is 0.395 e. The SMILES string of the molecule is CCCCn1c(CN2CCCC23CCCN(CCO)C3=O)nc2ccccc21. The second kappa shape index (κ2) is 8.21. The number of imidazole rings is 1. The maximum absolute atomic E-state index is 13.3. The number of benzene rings is 1. The number of aliphatic hydroxyl groups excluding tert-OH is 1. The van der Waals surface area contributed by atoms with Gasteiger partial charge in [0, 0.05) is 19.6 Å². The van der Waals surface area contributed by atoms with Crippen LogP contribution in [0.25, 0.3) is 11.0 Å². The first-order valence-electron chi connectivity index (χ1n) is 10.8. The normalized spacial score (nSPS) is 23.4. The van der Waals surface area contributed by atoms with E-state index in [0.29, 0.717) is 6.54 Å². The Hall–Kier alpha value is -1.92. The molecule has 2 aromatic rings. The molecule has 0 saturated carbocycles. The lowest BCUT2D eigenvalue weighted by Gasteiger charge is -2.44. The molecule has 3 heterocycles. The quantitative estimate of drug-likeness (QED) is 0.797. The molecular weight excluding hydrogens is 352 g/mol. The van der Waals surface area contributed by atoms with Crippen molar-refractivity contribution < 1.29 is 9.90 Å². The van der Waals surface area contributed by atoms with E-state index in [1.54, 1.807) is 0 Å². The van der Waals surface area contributed by atoms with E-state index >= 15 is 0 Å². The Morgan fingerprint density at radius 2 is 1.93 bits per heavy atom. The molecule has 28 heavy (non-hydrogen) atoms. The number of β-amino-alcohol motifs (C(OH)–C–C–N with tert-alkyl or cyclic N) is 1. The zero-order valence-electron chi connectivity index (χ0n) is 16.9. The van der Waals surface area contributed by atoms with Gasteiger partial charge in [0.15, 0.2) is 0 Å². The maximum atomic E-state index is 13.3. The van der Waals surface area contributed by atoms with E-state index in [0.717, 1.165) is 76.0 Å². The van der Waals surface area contributed by atoms with Crippen LogP contribution in [-0.2, 0) is 17.9 Å². The molecule has 1 atom stereocenters. The molecule has 2 aliphatic heterocycles. The number of aliphatic hydroxyl groups is 1. The fourth-order valence-corrected chi connectivity index (χ4v) is 5.07. The van der Waals surface area contributed by atoms with Crippen molar-refractivity contribution in [3.8, 4) is 0 Å². The molecule has 2 fully saturated rings. The standard InChI is InChI=1S/C22H32N4O2/c1-2-3-14-26-19-9-5-4-8-18(19)23-20(26)17-25-13-7-11-22(25)10-6-12-24(15-16-27)21(22)28/h4-5,8-9,27H,2-3,6-7,10-17H2,1H3. The summed E-state index contributed by atoms with van der Waals surface area (Å²) in [6.07, 6.45) is 6.17. The topological polar surface area (TPSA) is 61.6 Å². The minimum Gasteiger partial charge on any atom is -0.395 e. The van der Waals surface area contributed by atoms with Gasteiger partial charge in [0.25, 0.3) is 0 Å². The summed E-state index contributed by atoms with van der Waals surface area (Å²) in [6, 6.07) is 8.34. The van der Waals surface area contributed by atoms with E-state index in [1.807, 2.05) is 11.0 Å². The van der Waals surface area contributed by atoms with Gasteiger partial charge in [-0.25, -0.2) is 4.98 Å². The van der Waals surface area contributed by atoms with Gasteiger partial charge in [-0.05, 0) is 50.8 Å². The molecule has 152 valence electrons. The average Bonchev–Trinajstić information content (AvgIpc) is 3.26. The van der Waals surface area contributed by atoms with Gasteiger partial charge in [-0.2, -0.15) is 0 Å². The average molecular weight is 385 g/mol. The molecule has 6 heteroatoms. The lowest BCUT2D eigenvalue weighted by molar-refractivity contribution is -0.148. The summed E-state index contributed by atoms with van der Waals surface area (Å²) in [5.41, 5.74) is 1.83. The molecule has 1 unspecified atom stereocenters. The highest BCUT2D eigenvalue weighted by Gasteiger charge is 2.50. The van der Waals surface area contributed by atoms with Gasteiger partial charge >= 0.3 is 0 Å². The number of para-hydroxylation sites is 2. The Bertz CT molecular complexity index is 831. The number of piperidine rings is 1. The first kappa shape index (κ1) is 19.4. The second-order valence-corrected chi connectivity index (χ2v) is 8.20. The fraction of sp³-hybridized carbons (Fsp3) is 0.636. The van der Waals surface area contributed by atoms with Crippen LogP contribution in [0.5, 0.6) is 0 Å². The predicted octanol–water partition coefficient (Wildman–Crippen LogP) is 2.79. The molecule has 2 saturated heterocycles. The van der Waals surface area contributed by atoms with Crippen molar-refractivity contribution in [2.75, 3.05) is 26.2 Å². The van der Waals surface area contributed by atoms with Crippen LogP contribution in [0.3, 0.4) is 0 Å². The van der Waals surface area contributed by atoms with Crippen molar-refractivity contribution >= 4 is 16.9 Å². The maximum Gasteiger partial charge on any atom is 0.243 e. The lowest BCUT2D eigenvalue weighted by atomic mass is 9.85. The highest BCUT2D eigenvalue weighted by molar-refractivity contribution is 5.87. The number of rotatable bonds is 7. The summed E-state index contributed by atoms with van der Waals surface area (Å²) in [5.74, 6) is 1.28. The van der Waals surface area contributed by atoms with Crippen LogP contribution in [0.4, 0.5) is 0 Å². The Kier molecular flexibility index (Phi) is 5.69. The summed E-state index contributed by atoms with van der Waals surface area (Å²) in [4.78, 5) is 22.5. The summed E-state index contributed by atoms with van der Waals surface area (Å²) < 4.78 is 2.35. The van der Waals surface area contributed by atoms with Crippen molar-refractivity contribution in [1.29, 1.82) is 0 Å².